The minimum atomic E-state index is -0.0332. The molecule has 1 aliphatic heterocycles. The van der Waals surface area contributed by atoms with Gasteiger partial charge in [-0.3, -0.25) is 0 Å². The molecule has 0 saturated heterocycles. The number of fused-ring (bicyclic) bond motifs is 2. The van der Waals surface area contributed by atoms with Crippen LogP contribution < -0.4 is 14.4 Å². The average molecular weight is 351 g/mol. The molecule has 0 spiro atoms. The minimum absolute atomic E-state index is 0.0332. The summed E-state index contributed by atoms with van der Waals surface area (Å²) in [5.41, 5.74) is -0.0332. The first-order chi connectivity index (χ1) is 10.0. The van der Waals surface area contributed by atoms with Crippen LogP contribution in [0.3, 0.4) is 0 Å². The van der Waals surface area contributed by atoms with Gasteiger partial charge in [0.15, 0.2) is 11.5 Å². The lowest BCUT2D eigenvalue weighted by molar-refractivity contribution is 0.172. The smallest absolute Gasteiger partial charge is 0.162 e. The van der Waals surface area contributed by atoms with E-state index in [4.69, 9.17) is 9.47 Å². The van der Waals surface area contributed by atoms with Crippen LogP contribution in [0.4, 0.5) is 5.82 Å². The van der Waals surface area contributed by atoms with Gasteiger partial charge in [0.25, 0.3) is 0 Å². The number of nitrogens with zero attached hydrogens (tertiary/aromatic N) is 2. The van der Waals surface area contributed by atoms with E-state index in [-0.39, 0.29) is 5.54 Å². The van der Waals surface area contributed by atoms with Gasteiger partial charge in [-0.15, -0.1) is 0 Å². The zero-order chi connectivity index (χ0) is 15.0. The van der Waals surface area contributed by atoms with Crippen LogP contribution in [0.5, 0.6) is 11.5 Å². The third-order valence-electron chi connectivity index (χ3n) is 3.96. The molecule has 0 aliphatic carbocycles. The Morgan fingerprint density at radius 1 is 1.24 bits per heavy atom. The number of benzene rings is 1. The third-order valence-corrected chi connectivity index (χ3v) is 5.33. The summed E-state index contributed by atoms with van der Waals surface area (Å²) < 4.78 is 11.4. The minimum Gasteiger partial charge on any atom is -0.486 e. The molecule has 0 atom stereocenters. The van der Waals surface area contributed by atoms with Crippen molar-refractivity contribution in [3.63, 3.8) is 0 Å². The van der Waals surface area contributed by atoms with Gasteiger partial charge in [-0.2, -0.15) is 0 Å². The summed E-state index contributed by atoms with van der Waals surface area (Å²) >= 11 is 3.58. The molecule has 1 aliphatic rings. The van der Waals surface area contributed by atoms with Crippen molar-refractivity contribution in [2.45, 2.75) is 19.4 Å². The molecule has 2 heterocycles. The van der Waals surface area contributed by atoms with Gasteiger partial charge in [-0.1, -0.05) is 15.9 Å². The molecule has 2 aromatic rings. The Bertz CT molecular complexity index is 673. The highest BCUT2D eigenvalue weighted by molar-refractivity contribution is 9.09. The van der Waals surface area contributed by atoms with Gasteiger partial charge < -0.3 is 14.4 Å². The average Bonchev–Trinajstić information content (AvgIpc) is 2.51. The molecule has 1 aromatic carbocycles. The predicted octanol–water partition coefficient (Wildman–Crippen LogP) is 3.62. The number of hydrogen-bond acceptors (Lipinski definition) is 4. The van der Waals surface area contributed by atoms with Crippen molar-refractivity contribution in [2.75, 3.05) is 30.5 Å². The molecule has 0 saturated carbocycles. The Balaban J connectivity index is 2.15. The van der Waals surface area contributed by atoms with Crippen LogP contribution in [-0.4, -0.2) is 36.1 Å². The Labute approximate surface area is 133 Å². The van der Waals surface area contributed by atoms with Crippen molar-refractivity contribution in [1.29, 1.82) is 0 Å². The first kappa shape index (κ1) is 14.4. The maximum Gasteiger partial charge on any atom is 0.162 e. The zero-order valence-corrected chi connectivity index (χ0v) is 14.1. The summed E-state index contributed by atoms with van der Waals surface area (Å²) in [5, 5.41) is 3.05. The summed E-state index contributed by atoms with van der Waals surface area (Å²) in [7, 11) is 2.07. The molecule has 21 heavy (non-hydrogen) atoms. The summed E-state index contributed by atoms with van der Waals surface area (Å²) in [6.45, 7) is 5.56. The standard InChI is InChI=1S/C16H19BrN2O2/c1-16(2,10-17)19(3)15-12-9-14-13(20-6-7-21-14)8-11(12)4-5-18-15/h4-5,8-9H,6-7,10H2,1-3H3. The number of aromatic nitrogens is 1. The van der Waals surface area contributed by atoms with E-state index < -0.39 is 0 Å². The number of ether oxygens (including phenoxy) is 2. The van der Waals surface area contributed by atoms with Crippen LogP contribution in [0.25, 0.3) is 10.8 Å². The second-order valence-corrected chi connectivity index (χ2v) is 6.42. The molecular weight excluding hydrogens is 332 g/mol. The molecule has 0 fully saturated rings. The van der Waals surface area contributed by atoms with E-state index in [1.165, 1.54) is 0 Å². The molecule has 0 bridgehead atoms. The molecule has 1 aromatic heterocycles. The van der Waals surface area contributed by atoms with E-state index in [1.807, 2.05) is 24.4 Å². The number of rotatable bonds is 3. The summed E-state index contributed by atoms with van der Waals surface area (Å²) in [6.07, 6.45) is 1.84. The monoisotopic (exact) mass is 350 g/mol. The van der Waals surface area contributed by atoms with Crippen LogP contribution >= 0.6 is 15.9 Å². The fourth-order valence-corrected chi connectivity index (χ4v) is 2.71. The second kappa shape index (κ2) is 5.37. The van der Waals surface area contributed by atoms with Crippen molar-refractivity contribution in [3.05, 3.63) is 24.4 Å². The molecule has 0 amide bonds. The lowest BCUT2D eigenvalue weighted by Crippen LogP contribution is -2.43. The van der Waals surface area contributed by atoms with Crippen LogP contribution in [0, 0.1) is 0 Å². The van der Waals surface area contributed by atoms with Gasteiger partial charge in [-0.05, 0) is 37.4 Å². The highest BCUT2D eigenvalue weighted by Gasteiger charge is 2.25. The molecule has 112 valence electrons. The van der Waals surface area contributed by atoms with Crippen molar-refractivity contribution < 1.29 is 9.47 Å². The van der Waals surface area contributed by atoms with E-state index in [9.17, 15) is 0 Å². The van der Waals surface area contributed by atoms with Gasteiger partial charge in [0.2, 0.25) is 0 Å². The second-order valence-electron chi connectivity index (χ2n) is 5.86. The first-order valence-corrected chi connectivity index (χ1v) is 8.13. The van der Waals surface area contributed by atoms with Gasteiger partial charge in [0.05, 0.1) is 0 Å². The van der Waals surface area contributed by atoms with Gasteiger partial charge in [0.1, 0.15) is 19.0 Å². The maximum atomic E-state index is 5.70. The third kappa shape index (κ3) is 2.55. The van der Waals surface area contributed by atoms with Crippen LogP contribution in [0.15, 0.2) is 24.4 Å². The highest BCUT2D eigenvalue weighted by Crippen LogP contribution is 2.38. The summed E-state index contributed by atoms with van der Waals surface area (Å²) in [4.78, 5) is 6.77. The number of anilines is 1. The molecule has 5 heteroatoms. The Morgan fingerprint density at radius 2 is 1.90 bits per heavy atom. The SMILES string of the molecule is CN(c1nccc2cc3c(cc12)OCCO3)C(C)(C)CBr. The van der Waals surface area contributed by atoms with E-state index >= 15 is 0 Å². The molecule has 3 rings (SSSR count). The van der Waals surface area contributed by atoms with Crippen molar-refractivity contribution >= 4 is 32.5 Å². The zero-order valence-electron chi connectivity index (χ0n) is 12.5. The van der Waals surface area contributed by atoms with Crippen LogP contribution in [0.2, 0.25) is 0 Å². The first-order valence-electron chi connectivity index (χ1n) is 7.01. The summed E-state index contributed by atoms with van der Waals surface area (Å²) in [5.74, 6) is 2.57. The highest BCUT2D eigenvalue weighted by atomic mass is 79.9. The van der Waals surface area contributed by atoms with E-state index in [2.05, 4.69) is 46.7 Å². The van der Waals surface area contributed by atoms with Crippen molar-refractivity contribution in [1.82, 2.24) is 4.98 Å². The summed E-state index contributed by atoms with van der Waals surface area (Å²) in [6, 6.07) is 6.07. The van der Waals surface area contributed by atoms with Crippen LogP contribution in [-0.2, 0) is 0 Å². The lowest BCUT2D eigenvalue weighted by Gasteiger charge is -2.35. The quantitative estimate of drug-likeness (QED) is 0.792. The van der Waals surface area contributed by atoms with Gasteiger partial charge in [-0.25, -0.2) is 4.98 Å². The Morgan fingerprint density at radius 3 is 2.57 bits per heavy atom. The lowest BCUT2D eigenvalue weighted by atomic mass is 10.0. The van der Waals surface area contributed by atoms with E-state index in [0.717, 1.165) is 33.4 Å². The van der Waals surface area contributed by atoms with Gasteiger partial charge >= 0.3 is 0 Å². The van der Waals surface area contributed by atoms with Crippen molar-refractivity contribution in [3.8, 4) is 11.5 Å². The maximum absolute atomic E-state index is 5.70. The Kier molecular flexibility index (Phi) is 3.69. The van der Waals surface area contributed by atoms with Crippen molar-refractivity contribution in [2.24, 2.45) is 0 Å². The normalized spacial score (nSPS) is 14.3. The molecule has 0 radical (unpaired) electrons. The predicted molar refractivity (Wildman–Crippen MR) is 89.0 cm³/mol. The number of pyridine rings is 1. The number of alkyl halides is 1. The number of halogens is 1. The molecule has 4 nitrogen and oxygen atoms in total. The number of hydrogen-bond donors (Lipinski definition) is 0. The fourth-order valence-electron chi connectivity index (χ4n) is 2.34. The van der Waals surface area contributed by atoms with Crippen LogP contribution in [0.1, 0.15) is 13.8 Å². The molecule has 0 unspecified atom stereocenters. The largest absolute Gasteiger partial charge is 0.486 e. The molecule has 0 N–H and O–H groups in total. The van der Waals surface area contributed by atoms with E-state index in [1.54, 1.807) is 0 Å². The van der Waals surface area contributed by atoms with Gasteiger partial charge in [0, 0.05) is 29.5 Å². The Hall–Kier alpha value is -1.49. The fraction of sp³-hybridized carbons (Fsp3) is 0.438. The topological polar surface area (TPSA) is 34.6 Å². The van der Waals surface area contributed by atoms with E-state index in [0.29, 0.717) is 13.2 Å². The molecular formula is C16H19BrN2O2.